The van der Waals surface area contributed by atoms with Crippen LogP contribution in [0, 0.1) is 0 Å². The smallest absolute Gasteiger partial charge is 0.383 e. The highest BCUT2D eigenvalue weighted by atomic mass is 19.4. The van der Waals surface area contributed by atoms with Crippen molar-refractivity contribution in [3.8, 4) is 11.4 Å². The number of rotatable bonds is 2. The van der Waals surface area contributed by atoms with Gasteiger partial charge in [-0.15, -0.1) is 0 Å². The van der Waals surface area contributed by atoms with Gasteiger partial charge in [-0.2, -0.15) is 13.2 Å². The van der Waals surface area contributed by atoms with Gasteiger partial charge in [-0.1, -0.05) is 18.2 Å². The molecular weight excluding hydrogens is 357 g/mol. The molecule has 0 bridgehead atoms. The number of nitrogens with zero attached hydrogens (tertiary/aromatic N) is 3. The number of morpholine rings is 1. The van der Waals surface area contributed by atoms with Crippen LogP contribution >= 0.6 is 0 Å². The molecule has 2 heterocycles. The van der Waals surface area contributed by atoms with Crippen LogP contribution in [0.3, 0.4) is 0 Å². The zero-order valence-electron chi connectivity index (χ0n) is 14.3. The Hall–Kier alpha value is -2.87. The summed E-state index contributed by atoms with van der Waals surface area (Å²) in [6.07, 6.45) is -4.50. The van der Waals surface area contributed by atoms with Gasteiger partial charge in [0.1, 0.15) is 5.82 Å². The van der Waals surface area contributed by atoms with Crippen molar-refractivity contribution < 1.29 is 17.9 Å². The number of aromatic nitrogens is 2. The van der Waals surface area contributed by atoms with E-state index in [9.17, 15) is 13.2 Å². The Balaban J connectivity index is 1.79. The molecule has 1 aromatic heterocycles. The molecule has 1 aliphatic heterocycles. The van der Waals surface area contributed by atoms with Gasteiger partial charge >= 0.3 is 6.18 Å². The van der Waals surface area contributed by atoms with Crippen molar-refractivity contribution in [2.45, 2.75) is 6.18 Å². The summed E-state index contributed by atoms with van der Waals surface area (Å²) in [5, 5.41) is 0.618. The van der Waals surface area contributed by atoms with Crippen molar-refractivity contribution in [1.82, 2.24) is 9.97 Å². The first-order chi connectivity index (χ1) is 12.9. The maximum atomic E-state index is 13.3. The molecule has 5 nitrogen and oxygen atoms in total. The molecule has 0 amide bonds. The zero-order chi connectivity index (χ0) is 19.0. The summed E-state index contributed by atoms with van der Waals surface area (Å²) in [5.74, 6) is 0.120. The second-order valence-corrected chi connectivity index (χ2v) is 6.28. The number of anilines is 2. The lowest BCUT2D eigenvalue weighted by Gasteiger charge is -2.29. The van der Waals surface area contributed by atoms with Crippen LogP contribution in [0.4, 0.5) is 24.7 Å². The average molecular weight is 374 g/mol. The topological polar surface area (TPSA) is 64.3 Å². The molecule has 0 radical (unpaired) electrons. The largest absolute Gasteiger partial charge is 0.417 e. The predicted octanol–water partition coefficient (Wildman–Crippen LogP) is 3.73. The molecular formula is C19H17F3N4O. The van der Waals surface area contributed by atoms with Crippen molar-refractivity contribution in [3.63, 3.8) is 0 Å². The molecule has 0 spiro atoms. The number of fused-ring (bicyclic) bond motifs is 1. The molecule has 0 unspecified atom stereocenters. The SMILES string of the molecule is Nc1nc(-c2ccccc2C(F)(F)F)nc2ccc(N3CCOCC3)cc12. The summed E-state index contributed by atoms with van der Waals surface area (Å²) in [6, 6.07) is 10.8. The van der Waals surface area contributed by atoms with E-state index in [4.69, 9.17) is 10.5 Å². The minimum Gasteiger partial charge on any atom is -0.383 e. The van der Waals surface area contributed by atoms with E-state index < -0.39 is 11.7 Å². The number of ether oxygens (including phenoxy) is 1. The molecule has 27 heavy (non-hydrogen) atoms. The zero-order valence-corrected chi connectivity index (χ0v) is 14.3. The van der Waals surface area contributed by atoms with Crippen LogP contribution in [0.25, 0.3) is 22.3 Å². The number of nitrogens with two attached hydrogens (primary N) is 1. The van der Waals surface area contributed by atoms with Crippen LogP contribution in [0.15, 0.2) is 42.5 Å². The van der Waals surface area contributed by atoms with Crippen molar-refractivity contribution >= 4 is 22.4 Å². The Morgan fingerprint density at radius 2 is 1.74 bits per heavy atom. The van der Waals surface area contributed by atoms with Crippen LogP contribution in [0.1, 0.15) is 5.56 Å². The van der Waals surface area contributed by atoms with E-state index in [1.165, 1.54) is 18.2 Å². The Morgan fingerprint density at radius 3 is 2.48 bits per heavy atom. The Labute approximate surface area is 153 Å². The second kappa shape index (κ2) is 6.70. The predicted molar refractivity (Wildman–Crippen MR) is 97.4 cm³/mol. The minimum atomic E-state index is -4.50. The van der Waals surface area contributed by atoms with Gasteiger partial charge in [-0.25, -0.2) is 9.97 Å². The molecule has 0 atom stereocenters. The maximum absolute atomic E-state index is 13.3. The Kier molecular flexibility index (Phi) is 4.35. The summed E-state index contributed by atoms with van der Waals surface area (Å²) in [4.78, 5) is 10.6. The van der Waals surface area contributed by atoms with Crippen molar-refractivity contribution in [3.05, 3.63) is 48.0 Å². The summed E-state index contributed by atoms with van der Waals surface area (Å²) >= 11 is 0. The minimum absolute atomic E-state index is 0.0351. The molecule has 0 saturated carbocycles. The van der Waals surface area contributed by atoms with Gasteiger partial charge in [0.25, 0.3) is 0 Å². The van der Waals surface area contributed by atoms with E-state index in [2.05, 4.69) is 14.9 Å². The van der Waals surface area contributed by atoms with Gasteiger partial charge in [-0.05, 0) is 24.3 Å². The van der Waals surface area contributed by atoms with E-state index in [0.717, 1.165) is 24.8 Å². The van der Waals surface area contributed by atoms with E-state index in [0.29, 0.717) is 24.1 Å². The fourth-order valence-electron chi connectivity index (χ4n) is 3.20. The molecule has 140 valence electrons. The van der Waals surface area contributed by atoms with Crippen LogP contribution in [-0.4, -0.2) is 36.3 Å². The van der Waals surface area contributed by atoms with Crippen LogP contribution in [0.2, 0.25) is 0 Å². The maximum Gasteiger partial charge on any atom is 0.417 e. The first-order valence-corrected chi connectivity index (χ1v) is 8.50. The highest BCUT2D eigenvalue weighted by Crippen LogP contribution is 2.37. The molecule has 1 fully saturated rings. The molecule has 8 heteroatoms. The molecule has 4 rings (SSSR count). The molecule has 1 saturated heterocycles. The van der Waals surface area contributed by atoms with Gasteiger partial charge < -0.3 is 15.4 Å². The number of hydrogen-bond acceptors (Lipinski definition) is 5. The molecule has 2 aromatic carbocycles. The number of halogens is 3. The fourth-order valence-corrected chi connectivity index (χ4v) is 3.20. The van der Waals surface area contributed by atoms with Crippen molar-refractivity contribution in [1.29, 1.82) is 0 Å². The normalized spacial score (nSPS) is 15.3. The number of benzene rings is 2. The lowest BCUT2D eigenvalue weighted by atomic mass is 10.1. The summed E-state index contributed by atoms with van der Waals surface area (Å²) in [7, 11) is 0. The van der Waals surface area contributed by atoms with Crippen molar-refractivity contribution in [2.24, 2.45) is 0 Å². The monoisotopic (exact) mass is 374 g/mol. The van der Waals surface area contributed by atoms with E-state index in [1.807, 2.05) is 12.1 Å². The van der Waals surface area contributed by atoms with E-state index in [1.54, 1.807) is 6.07 Å². The summed E-state index contributed by atoms with van der Waals surface area (Å²) in [5.41, 5.74) is 6.67. The standard InChI is InChI=1S/C19H17F3N4O/c20-19(21,22)15-4-2-1-3-13(15)18-24-16-6-5-12(11-14(16)17(23)25-18)26-7-9-27-10-8-26/h1-6,11H,7-10H2,(H2,23,24,25). The highest BCUT2D eigenvalue weighted by Gasteiger charge is 2.34. The van der Waals surface area contributed by atoms with E-state index >= 15 is 0 Å². The third-order valence-corrected chi connectivity index (χ3v) is 4.56. The van der Waals surface area contributed by atoms with Crippen LogP contribution in [-0.2, 0) is 10.9 Å². The van der Waals surface area contributed by atoms with Crippen LogP contribution < -0.4 is 10.6 Å². The average Bonchev–Trinajstić information content (AvgIpc) is 2.68. The number of nitrogen functional groups attached to an aromatic ring is 1. The van der Waals surface area contributed by atoms with E-state index in [-0.39, 0.29) is 17.2 Å². The third kappa shape index (κ3) is 3.40. The van der Waals surface area contributed by atoms with Gasteiger partial charge in [0.2, 0.25) is 0 Å². The van der Waals surface area contributed by atoms with Gasteiger partial charge in [0.15, 0.2) is 5.82 Å². The van der Waals surface area contributed by atoms with Gasteiger partial charge in [-0.3, -0.25) is 0 Å². The van der Waals surface area contributed by atoms with Crippen molar-refractivity contribution in [2.75, 3.05) is 36.9 Å². The summed E-state index contributed by atoms with van der Waals surface area (Å²) < 4.78 is 45.3. The lowest BCUT2D eigenvalue weighted by molar-refractivity contribution is -0.137. The van der Waals surface area contributed by atoms with Gasteiger partial charge in [0, 0.05) is 29.7 Å². The quantitative estimate of drug-likeness (QED) is 0.740. The molecule has 0 aliphatic carbocycles. The molecule has 2 N–H and O–H groups in total. The Morgan fingerprint density at radius 1 is 1.00 bits per heavy atom. The molecule has 1 aliphatic rings. The third-order valence-electron chi connectivity index (χ3n) is 4.56. The first-order valence-electron chi connectivity index (χ1n) is 8.50. The molecule has 3 aromatic rings. The summed E-state index contributed by atoms with van der Waals surface area (Å²) in [6.45, 7) is 2.83. The second-order valence-electron chi connectivity index (χ2n) is 6.28. The number of hydrogen-bond donors (Lipinski definition) is 1. The fraction of sp³-hybridized carbons (Fsp3) is 0.263. The lowest BCUT2D eigenvalue weighted by Crippen LogP contribution is -2.36. The van der Waals surface area contributed by atoms with Crippen LogP contribution in [0.5, 0.6) is 0 Å². The highest BCUT2D eigenvalue weighted by molar-refractivity contribution is 5.92. The Bertz CT molecular complexity index is 984. The first kappa shape index (κ1) is 17.5. The van der Waals surface area contributed by atoms with Gasteiger partial charge in [0.05, 0.1) is 24.3 Å². The number of alkyl halides is 3.